The fraction of sp³-hybridized carbons (Fsp3) is 0.682. The minimum absolute atomic E-state index is 0.266. The maximum Gasteiger partial charge on any atom is 0.237 e. The third kappa shape index (κ3) is 6.77. The molecule has 3 rings (SSSR count). The predicted octanol–water partition coefficient (Wildman–Crippen LogP) is 0.382. The summed E-state index contributed by atoms with van der Waals surface area (Å²) >= 11 is 9.18. The Hall–Kier alpha value is -0.560. The van der Waals surface area contributed by atoms with Gasteiger partial charge in [-0.05, 0) is 43.4 Å². The minimum atomic E-state index is -1.45. The van der Waals surface area contributed by atoms with Gasteiger partial charge in [-0.25, -0.2) is 0 Å². The molecule has 33 heavy (non-hydrogen) atoms. The number of nitrogens with one attached hydrogen (secondary N) is 2. The largest absolute Gasteiger partial charge is 0.391 e. The molecule has 11 heteroatoms. The molecule has 2 heterocycles. The first-order chi connectivity index (χ1) is 15.7. The molecule has 1 aromatic carbocycles. The second kappa shape index (κ2) is 12.4. The summed E-state index contributed by atoms with van der Waals surface area (Å²) in [4.78, 5) is 12.9. The predicted molar refractivity (Wildman–Crippen MR) is 132 cm³/mol. The Bertz CT molecular complexity index is 789. The molecule has 1 amide bonds. The third-order valence-corrected chi connectivity index (χ3v) is 8.60. The van der Waals surface area contributed by atoms with Crippen LogP contribution in [0.15, 0.2) is 24.3 Å². The van der Waals surface area contributed by atoms with Crippen molar-refractivity contribution in [3.8, 4) is 0 Å². The van der Waals surface area contributed by atoms with Crippen molar-refractivity contribution in [1.82, 2.24) is 10.6 Å². The smallest absolute Gasteiger partial charge is 0.237 e. The summed E-state index contributed by atoms with van der Waals surface area (Å²) in [7, 11) is 0. The summed E-state index contributed by atoms with van der Waals surface area (Å²) < 4.78 is 5.74. The summed E-state index contributed by atoms with van der Waals surface area (Å²) in [5.41, 5.74) is 0.323. The van der Waals surface area contributed by atoms with E-state index in [-0.39, 0.29) is 11.2 Å². The van der Waals surface area contributed by atoms with Crippen molar-refractivity contribution in [2.75, 3.05) is 18.6 Å². The second-order valence-electron chi connectivity index (χ2n) is 8.48. The number of carbonyl (C=O) groups is 1. The molecule has 2 saturated heterocycles. The van der Waals surface area contributed by atoms with Crippen LogP contribution in [0.4, 0.5) is 0 Å². The topological polar surface area (TPSA) is 131 Å². The molecule has 6 N–H and O–H groups in total. The van der Waals surface area contributed by atoms with Gasteiger partial charge in [0.1, 0.15) is 29.9 Å². The average molecular weight is 521 g/mol. The number of amides is 1. The highest BCUT2D eigenvalue weighted by molar-refractivity contribution is 8.00. The molecule has 8 nitrogen and oxygen atoms in total. The van der Waals surface area contributed by atoms with Crippen LogP contribution in [0, 0.1) is 0 Å². The van der Waals surface area contributed by atoms with Crippen LogP contribution in [0.5, 0.6) is 0 Å². The number of aliphatic hydroxyl groups is 4. The number of aryl methyl sites for hydroxylation is 1. The van der Waals surface area contributed by atoms with Crippen LogP contribution in [0.2, 0.25) is 5.02 Å². The summed E-state index contributed by atoms with van der Waals surface area (Å²) in [5, 5.41) is 48.0. The Kier molecular flexibility index (Phi) is 10.2. The first-order valence-corrected chi connectivity index (χ1v) is 13.7. The molecular weight excluding hydrogens is 488 g/mol. The van der Waals surface area contributed by atoms with Crippen molar-refractivity contribution in [2.45, 2.75) is 73.1 Å². The summed E-state index contributed by atoms with van der Waals surface area (Å²) in [5.74, 6) is 0.589. The number of carbonyl (C=O) groups excluding carboxylic acids is 1. The number of rotatable bonds is 9. The van der Waals surface area contributed by atoms with Crippen LogP contribution >= 0.6 is 35.1 Å². The zero-order valence-corrected chi connectivity index (χ0v) is 21.0. The zero-order valence-electron chi connectivity index (χ0n) is 18.6. The van der Waals surface area contributed by atoms with Gasteiger partial charge in [0, 0.05) is 16.8 Å². The molecule has 0 aliphatic carbocycles. The van der Waals surface area contributed by atoms with Crippen molar-refractivity contribution in [3.05, 3.63) is 34.9 Å². The molecule has 1 unspecified atom stereocenters. The lowest BCUT2D eigenvalue weighted by Crippen LogP contribution is -2.65. The molecule has 186 valence electrons. The van der Waals surface area contributed by atoms with Crippen molar-refractivity contribution in [3.63, 3.8) is 0 Å². The van der Waals surface area contributed by atoms with Gasteiger partial charge in [0.2, 0.25) is 5.91 Å². The molecule has 2 fully saturated rings. The Morgan fingerprint density at radius 3 is 2.67 bits per heavy atom. The van der Waals surface area contributed by atoms with Crippen molar-refractivity contribution in [1.29, 1.82) is 0 Å². The van der Waals surface area contributed by atoms with Crippen LogP contribution < -0.4 is 10.6 Å². The Morgan fingerprint density at radius 1 is 1.27 bits per heavy atom. The van der Waals surface area contributed by atoms with E-state index >= 15 is 0 Å². The maximum absolute atomic E-state index is 12.9. The number of thioether (sulfide) groups is 2. The van der Waals surface area contributed by atoms with Gasteiger partial charge >= 0.3 is 0 Å². The molecule has 0 radical (unpaired) electrons. The van der Waals surface area contributed by atoms with Gasteiger partial charge < -0.3 is 35.8 Å². The van der Waals surface area contributed by atoms with Crippen LogP contribution in [0.3, 0.4) is 0 Å². The van der Waals surface area contributed by atoms with E-state index in [0.717, 1.165) is 22.8 Å². The second-order valence-corrected chi connectivity index (χ2v) is 11.2. The van der Waals surface area contributed by atoms with Gasteiger partial charge in [-0.2, -0.15) is 11.8 Å². The quantitative estimate of drug-likeness (QED) is 0.273. The van der Waals surface area contributed by atoms with Crippen molar-refractivity contribution in [2.24, 2.45) is 0 Å². The normalized spacial score (nSPS) is 34.1. The standard InChI is InChI=1S/C22H33ClN2O6S2/c1-11(26)16(20-18(28)17(27)19(29)22(31-20)32-2)25-21(30)15-9-13(10-24-15)33-8-7-12-5-3-4-6-14(12)23/h3-6,11,13,15-20,22,24,26-29H,7-10H2,1-2H3,(H,25,30)/t11?,13-,15-,16+,17-,18+,19+,20+,22+/m0/s1. The minimum Gasteiger partial charge on any atom is -0.391 e. The van der Waals surface area contributed by atoms with Crippen LogP contribution in [-0.2, 0) is 16.0 Å². The maximum atomic E-state index is 12.9. The molecule has 9 atom stereocenters. The number of ether oxygens (including phenoxy) is 1. The Balaban J connectivity index is 1.53. The molecule has 1 aromatic rings. The Morgan fingerprint density at radius 2 is 2.00 bits per heavy atom. The van der Waals surface area contributed by atoms with Crippen LogP contribution in [0.1, 0.15) is 18.9 Å². The lowest BCUT2D eigenvalue weighted by molar-refractivity contribution is -0.211. The SMILES string of the molecule is CS[C@H]1O[C@H]([C@H](NC(=O)[C@@H]2C[C@H](SCCc3ccccc3Cl)CN2)C(C)O)[C@H](O)[C@H](O)[C@H]1O. The van der Waals surface area contributed by atoms with E-state index < -0.39 is 48.0 Å². The lowest BCUT2D eigenvalue weighted by Gasteiger charge is -2.44. The number of hydrogen-bond acceptors (Lipinski definition) is 9. The van der Waals surface area contributed by atoms with Gasteiger partial charge in [0.25, 0.3) is 0 Å². The summed E-state index contributed by atoms with van der Waals surface area (Å²) in [6, 6.07) is 6.39. The molecule has 2 aliphatic heterocycles. The van der Waals surface area contributed by atoms with Crippen LogP contribution in [-0.4, -0.2) is 98.2 Å². The van der Waals surface area contributed by atoms with E-state index in [1.54, 1.807) is 18.0 Å². The summed E-state index contributed by atoms with van der Waals surface area (Å²) in [6.45, 7) is 2.18. The van der Waals surface area contributed by atoms with E-state index in [2.05, 4.69) is 10.6 Å². The lowest BCUT2D eigenvalue weighted by atomic mass is 9.92. The van der Waals surface area contributed by atoms with E-state index in [1.807, 2.05) is 24.3 Å². The van der Waals surface area contributed by atoms with Gasteiger partial charge in [0.15, 0.2) is 0 Å². The van der Waals surface area contributed by atoms with Gasteiger partial charge in [-0.1, -0.05) is 29.8 Å². The first-order valence-electron chi connectivity index (χ1n) is 11.0. The highest BCUT2D eigenvalue weighted by Crippen LogP contribution is 2.30. The highest BCUT2D eigenvalue weighted by atomic mass is 35.5. The van der Waals surface area contributed by atoms with E-state index in [0.29, 0.717) is 13.0 Å². The van der Waals surface area contributed by atoms with Gasteiger partial charge in [0.05, 0.1) is 18.2 Å². The van der Waals surface area contributed by atoms with E-state index in [4.69, 9.17) is 16.3 Å². The number of hydrogen-bond donors (Lipinski definition) is 6. The molecular formula is C22H33ClN2O6S2. The van der Waals surface area contributed by atoms with E-state index in [1.165, 1.54) is 18.7 Å². The van der Waals surface area contributed by atoms with Crippen molar-refractivity contribution < 1.29 is 30.0 Å². The summed E-state index contributed by atoms with van der Waals surface area (Å²) in [6.07, 6.45) is -3.07. The number of benzene rings is 1. The van der Waals surface area contributed by atoms with Crippen molar-refractivity contribution >= 4 is 41.0 Å². The Labute approximate surface area is 207 Å². The highest BCUT2D eigenvalue weighted by Gasteiger charge is 2.48. The third-order valence-electron chi connectivity index (χ3n) is 6.11. The molecule has 0 spiro atoms. The first kappa shape index (κ1) is 27.0. The molecule has 2 aliphatic rings. The van der Waals surface area contributed by atoms with Crippen LogP contribution in [0.25, 0.3) is 0 Å². The molecule has 0 bridgehead atoms. The number of aliphatic hydroxyl groups excluding tert-OH is 4. The zero-order chi connectivity index (χ0) is 24.1. The van der Waals surface area contributed by atoms with Gasteiger partial charge in [-0.3, -0.25) is 4.79 Å². The fourth-order valence-electron chi connectivity index (χ4n) is 4.17. The average Bonchev–Trinajstić information content (AvgIpc) is 3.26. The monoisotopic (exact) mass is 520 g/mol. The van der Waals surface area contributed by atoms with E-state index in [9.17, 15) is 25.2 Å². The number of halogens is 1. The molecule has 0 aromatic heterocycles. The molecule has 0 saturated carbocycles. The fourth-order valence-corrected chi connectivity index (χ4v) is 6.30. The van der Waals surface area contributed by atoms with Gasteiger partial charge in [-0.15, -0.1) is 11.8 Å².